The molecule has 0 spiro atoms. The first kappa shape index (κ1) is 15.4. The zero-order valence-corrected chi connectivity index (χ0v) is 11.4. The Morgan fingerprint density at radius 3 is 2.61 bits per heavy atom. The first-order valence-electron chi connectivity index (χ1n) is 5.50. The van der Waals surface area contributed by atoms with Crippen molar-refractivity contribution < 1.29 is 12.8 Å². The number of nitrogens with zero attached hydrogens (tertiary/aromatic N) is 1. The molecular weight excluding hydrogens is 279 g/mol. The summed E-state index contributed by atoms with van der Waals surface area (Å²) in [5.41, 5.74) is 5.51. The Hall–Kier alpha value is -0.690. The van der Waals surface area contributed by atoms with Crippen molar-refractivity contribution in [3.05, 3.63) is 30.1 Å². The first-order valence-corrected chi connectivity index (χ1v) is 6.94. The van der Waals surface area contributed by atoms with Gasteiger partial charge in [-0.1, -0.05) is 12.1 Å². The van der Waals surface area contributed by atoms with Crippen LogP contribution in [0.3, 0.4) is 0 Å². The summed E-state index contributed by atoms with van der Waals surface area (Å²) < 4.78 is 39.1. The fourth-order valence-corrected chi connectivity index (χ4v) is 3.60. The van der Waals surface area contributed by atoms with Crippen LogP contribution in [0.25, 0.3) is 0 Å². The quantitative estimate of drug-likeness (QED) is 0.911. The number of benzene rings is 1. The van der Waals surface area contributed by atoms with E-state index in [2.05, 4.69) is 0 Å². The van der Waals surface area contributed by atoms with Crippen molar-refractivity contribution in [3.63, 3.8) is 0 Å². The van der Waals surface area contributed by atoms with E-state index < -0.39 is 15.8 Å². The average Bonchev–Trinajstić information content (AvgIpc) is 2.78. The van der Waals surface area contributed by atoms with Gasteiger partial charge in [-0.3, -0.25) is 0 Å². The van der Waals surface area contributed by atoms with E-state index in [1.807, 2.05) is 0 Å². The van der Waals surface area contributed by atoms with Crippen molar-refractivity contribution in [2.45, 2.75) is 11.3 Å². The fraction of sp³-hybridized carbons (Fsp3) is 0.455. The molecule has 1 aromatic carbocycles. The van der Waals surface area contributed by atoms with Crippen molar-refractivity contribution in [2.24, 2.45) is 11.7 Å². The van der Waals surface area contributed by atoms with Gasteiger partial charge in [0.15, 0.2) is 0 Å². The van der Waals surface area contributed by atoms with Gasteiger partial charge in [0.25, 0.3) is 0 Å². The van der Waals surface area contributed by atoms with Crippen LogP contribution in [0.4, 0.5) is 4.39 Å². The molecule has 2 N–H and O–H groups in total. The maximum absolute atomic E-state index is 13.5. The Labute approximate surface area is 112 Å². The van der Waals surface area contributed by atoms with Crippen molar-refractivity contribution in [2.75, 3.05) is 19.6 Å². The maximum Gasteiger partial charge on any atom is 0.245 e. The Kier molecular flexibility index (Phi) is 5.10. The molecule has 0 amide bonds. The lowest BCUT2D eigenvalue weighted by molar-refractivity contribution is 0.453. The molecule has 2 rings (SSSR count). The third-order valence-corrected chi connectivity index (χ3v) is 4.93. The summed E-state index contributed by atoms with van der Waals surface area (Å²) in [6, 6.07) is 5.44. The smallest absolute Gasteiger partial charge is 0.245 e. The van der Waals surface area contributed by atoms with Gasteiger partial charge in [0.1, 0.15) is 10.7 Å². The van der Waals surface area contributed by atoms with E-state index in [-0.39, 0.29) is 23.2 Å². The van der Waals surface area contributed by atoms with E-state index in [9.17, 15) is 12.8 Å². The summed E-state index contributed by atoms with van der Waals surface area (Å²) in [5.74, 6) is -0.528. The van der Waals surface area contributed by atoms with Crippen LogP contribution >= 0.6 is 12.4 Å². The molecule has 1 unspecified atom stereocenters. The predicted octanol–water partition coefficient (Wildman–Crippen LogP) is 1.22. The molecule has 1 aliphatic rings. The molecule has 102 valence electrons. The van der Waals surface area contributed by atoms with E-state index >= 15 is 0 Å². The monoisotopic (exact) mass is 294 g/mol. The number of hydrogen-bond acceptors (Lipinski definition) is 3. The third kappa shape index (κ3) is 2.83. The second kappa shape index (κ2) is 5.97. The number of rotatable bonds is 3. The first-order chi connectivity index (χ1) is 8.05. The second-order valence-electron chi connectivity index (χ2n) is 4.18. The minimum atomic E-state index is -3.71. The molecule has 1 heterocycles. The number of halogens is 2. The Bertz CT molecular complexity index is 510. The van der Waals surface area contributed by atoms with Crippen molar-refractivity contribution in [1.29, 1.82) is 0 Å². The number of hydrogen-bond donors (Lipinski definition) is 1. The van der Waals surface area contributed by atoms with Gasteiger partial charge in [0.2, 0.25) is 10.0 Å². The molecule has 0 aromatic heterocycles. The Morgan fingerprint density at radius 1 is 1.39 bits per heavy atom. The number of nitrogens with two attached hydrogens (primary N) is 1. The van der Waals surface area contributed by atoms with Gasteiger partial charge in [-0.25, -0.2) is 12.8 Å². The highest BCUT2D eigenvalue weighted by atomic mass is 35.5. The molecule has 0 bridgehead atoms. The molecule has 1 saturated heterocycles. The minimum Gasteiger partial charge on any atom is -0.330 e. The van der Waals surface area contributed by atoms with Crippen LogP contribution in [-0.4, -0.2) is 32.4 Å². The number of sulfonamides is 1. The largest absolute Gasteiger partial charge is 0.330 e. The van der Waals surface area contributed by atoms with E-state index in [0.717, 1.165) is 12.5 Å². The van der Waals surface area contributed by atoms with Gasteiger partial charge in [0, 0.05) is 13.1 Å². The highest BCUT2D eigenvalue weighted by Crippen LogP contribution is 2.25. The molecule has 7 heteroatoms. The third-order valence-electron chi connectivity index (χ3n) is 3.04. The zero-order valence-electron chi connectivity index (χ0n) is 9.75. The van der Waals surface area contributed by atoms with Gasteiger partial charge < -0.3 is 5.73 Å². The normalized spacial score (nSPS) is 20.7. The van der Waals surface area contributed by atoms with Crippen LogP contribution in [-0.2, 0) is 10.0 Å². The molecule has 1 aliphatic heterocycles. The summed E-state index contributed by atoms with van der Waals surface area (Å²) >= 11 is 0. The van der Waals surface area contributed by atoms with Crippen LogP contribution in [0.15, 0.2) is 29.2 Å². The Balaban J connectivity index is 0.00000162. The van der Waals surface area contributed by atoms with Gasteiger partial charge >= 0.3 is 0 Å². The molecule has 1 atom stereocenters. The van der Waals surface area contributed by atoms with Gasteiger partial charge in [0.05, 0.1) is 0 Å². The topological polar surface area (TPSA) is 63.4 Å². The van der Waals surface area contributed by atoms with E-state index in [1.54, 1.807) is 0 Å². The maximum atomic E-state index is 13.5. The molecule has 0 radical (unpaired) electrons. The molecule has 18 heavy (non-hydrogen) atoms. The van der Waals surface area contributed by atoms with Crippen molar-refractivity contribution >= 4 is 22.4 Å². The SMILES string of the molecule is Cl.NCC1CCN(S(=O)(=O)c2ccccc2F)C1. The Morgan fingerprint density at radius 2 is 2.06 bits per heavy atom. The molecule has 1 aromatic rings. The van der Waals surface area contributed by atoms with Gasteiger partial charge in [-0.05, 0) is 31.0 Å². The molecule has 0 saturated carbocycles. The van der Waals surface area contributed by atoms with Crippen LogP contribution in [0.5, 0.6) is 0 Å². The van der Waals surface area contributed by atoms with Gasteiger partial charge in [-0.2, -0.15) is 4.31 Å². The zero-order chi connectivity index (χ0) is 12.5. The van der Waals surface area contributed by atoms with Crippen molar-refractivity contribution in [1.82, 2.24) is 4.31 Å². The molecule has 0 aliphatic carbocycles. The van der Waals surface area contributed by atoms with Crippen molar-refractivity contribution in [3.8, 4) is 0 Å². The molecule has 1 fully saturated rings. The minimum absolute atomic E-state index is 0. The van der Waals surface area contributed by atoms with Gasteiger partial charge in [-0.15, -0.1) is 12.4 Å². The molecular formula is C11H16ClFN2O2S. The lowest BCUT2D eigenvalue weighted by Crippen LogP contribution is -2.30. The van der Waals surface area contributed by atoms with Crippen LogP contribution < -0.4 is 5.73 Å². The van der Waals surface area contributed by atoms with Crippen LogP contribution in [0, 0.1) is 11.7 Å². The predicted molar refractivity (Wildman–Crippen MR) is 69.6 cm³/mol. The van der Waals surface area contributed by atoms with E-state index in [0.29, 0.717) is 19.6 Å². The summed E-state index contributed by atoms with van der Waals surface area (Å²) in [7, 11) is -3.71. The second-order valence-corrected chi connectivity index (χ2v) is 6.09. The molecule has 4 nitrogen and oxygen atoms in total. The highest BCUT2D eigenvalue weighted by molar-refractivity contribution is 7.89. The fourth-order valence-electron chi connectivity index (χ4n) is 2.00. The lowest BCUT2D eigenvalue weighted by Gasteiger charge is -2.16. The van der Waals surface area contributed by atoms with E-state index in [1.165, 1.54) is 22.5 Å². The van der Waals surface area contributed by atoms with E-state index in [4.69, 9.17) is 5.73 Å². The summed E-state index contributed by atoms with van der Waals surface area (Å²) in [6.07, 6.45) is 0.740. The summed E-state index contributed by atoms with van der Waals surface area (Å²) in [5, 5.41) is 0. The average molecular weight is 295 g/mol. The van der Waals surface area contributed by atoms with Crippen LogP contribution in [0.1, 0.15) is 6.42 Å². The highest BCUT2D eigenvalue weighted by Gasteiger charge is 2.33. The summed E-state index contributed by atoms with van der Waals surface area (Å²) in [6.45, 7) is 1.26. The lowest BCUT2D eigenvalue weighted by atomic mass is 10.1. The standard InChI is InChI=1S/C11H15FN2O2S.ClH/c12-10-3-1-2-4-11(10)17(15,16)14-6-5-9(7-13)8-14;/h1-4,9H,5-8,13H2;1H. The van der Waals surface area contributed by atoms with Crippen LogP contribution in [0.2, 0.25) is 0 Å². The summed E-state index contributed by atoms with van der Waals surface area (Å²) in [4.78, 5) is -0.252.